The van der Waals surface area contributed by atoms with Gasteiger partial charge in [-0.1, -0.05) is 11.6 Å². The van der Waals surface area contributed by atoms with Gasteiger partial charge in [-0.3, -0.25) is 4.79 Å². The maximum absolute atomic E-state index is 13.2. The molecule has 0 saturated heterocycles. The molecular formula is C13H9BrClFN2O. The van der Waals surface area contributed by atoms with Crippen LogP contribution in [-0.2, 0) is 0 Å². The van der Waals surface area contributed by atoms with E-state index in [1.807, 2.05) is 6.92 Å². The van der Waals surface area contributed by atoms with Crippen molar-refractivity contribution in [2.45, 2.75) is 6.92 Å². The molecule has 6 heteroatoms. The third-order valence-corrected chi connectivity index (χ3v) is 3.39. The van der Waals surface area contributed by atoms with Gasteiger partial charge in [-0.25, -0.2) is 9.37 Å². The van der Waals surface area contributed by atoms with Crippen LogP contribution in [0.25, 0.3) is 0 Å². The van der Waals surface area contributed by atoms with Crippen molar-refractivity contribution < 1.29 is 9.18 Å². The fourth-order valence-electron chi connectivity index (χ4n) is 1.50. The van der Waals surface area contributed by atoms with Crippen LogP contribution in [0.3, 0.4) is 0 Å². The summed E-state index contributed by atoms with van der Waals surface area (Å²) >= 11 is 9.09. The molecule has 3 nitrogen and oxygen atoms in total. The van der Waals surface area contributed by atoms with Crippen molar-refractivity contribution in [1.29, 1.82) is 0 Å². The van der Waals surface area contributed by atoms with E-state index in [2.05, 4.69) is 26.2 Å². The van der Waals surface area contributed by atoms with Crippen LogP contribution in [0.1, 0.15) is 15.9 Å². The normalized spacial score (nSPS) is 10.3. The fraction of sp³-hybridized carbons (Fsp3) is 0.0769. The van der Waals surface area contributed by atoms with Crippen molar-refractivity contribution in [3.05, 3.63) is 57.0 Å². The van der Waals surface area contributed by atoms with Crippen LogP contribution in [0.2, 0.25) is 5.15 Å². The molecule has 0 radical (unpaired) electrons. The topological polar surface area (TPSA) is 42.0 Å². The molecule has 2 rings (SSSR count). The number of rotatable bonds is 2. The number of carbonyl (C=O) groups excluding carboxylic acids is 1. The molecule has 0 bridgehead atoms. The first kappa shape index (κ1) is 14.0. The molecule has 0 unspecified atom stereocenters. The van der Waals surface area contributed by atoms with E-state index in [1.54, 1.807) is 12.3 Å². The molecular weight excluding hydrogens is 335 g/mol. The standard InChI is InChI=1S/C13H9BrClFN2O/c1-7-4-11(12(15)17-6-7)18-13(19)9-5-8(16)2-3-10(9)14/h2-6H,1H3,(H,18,19). The summed E-state index contributed by atoms with van der Waals surface area (Å²) in [5.74, 6) is -0.942. The first-order valence-electron chi connectivity index (χ1n) is 5.36. The van der Waals surface area contributed by atoms with E-state index in [4.69, 9.17) is 11.6 Å². The zero-order valence-corrected chi connectivity index (χ0v) is 12.2. The number of benzene rings is 1. The van der Waals surface area contributed by atoms with E-state index in [9.17, 15) is 9.18 Å². The second kappa shape index (κ2) is 5.67. The van der Waals surface area contributed by atoms with Gasteiger partial charge in [-0.2, -0.15) is 0 Å². The Labute approximate surface area is 122 Å². The molecule has 1 aromatic heterocycles. The van der Waals surface area contributed by atoms with Crippen molar-refractivity contribution >= 4 is 39.1 Å². The third-order valence-electron chi connectivity index (χ3n) is 2.40. The molecule has 0 saturated carbocycles. The Kier molecular flexibility index (Phi) is 4.17. The molecule has 0 spiro atoms. The number of halogens is 3. The van der Waals surface area contributed by atoms with Crippen molar-refractivity contribution in [3.63, 3.8) is 0 Å². The van der Waals surface area contributed by atoms with E-state index in [0.29, 0.717) is 10.2 Å². The molecule has 1 N–H and O–H groups in total. The van der Waals surface area contributed by atoms with Crippen molar-refractivity contribution in [2.75, 3.05) is 5.32 Å². The zero-order valence-electron chi connectivity index (χ0n) is 9.88. The summed E-state index contributed by atoms with van der Waals surface area (Å²) in [4.78, 5) is 16.0. The highest BCUT2D eigenvalue weighted by molar-refractivity contribution is 9.10. The molecule has 0 atom stereocenters. The molecule has 0 aliphatic carbocycles. The van der Waals surface area contributed by atoms with Gasteiger partial charge in [-0.05, 0) is 52.7 Å². The monoisotopic (exact) mass is 342 g/mol. The summed E-state index contributed by atoms with van der Waals surface area (Å²) in [7, 11) is 0. The number of nitrogens with zero attached hydrogens (tertiary/aromatic N) is 1. The van der Waals surface area contributed by atoms with Crippen LogP contribution < -0.4 is 5.32 Å². The van der Waals surface area contributed by atoms with E-state index in [-0.39, 0.29) is 10.7 Å². The van der Waals surface area contributed by atoms with E-state index in [1.165, 1.54) is 12.1 Å². The van der Waals surface area contributed by atoms with E-state index in [0.717, 1.165) is 11.6 Å². The number of pyridine rings is 1. The molecule has 1 amide bonds. The summed E-state index contributed by atoms with van der Waals surface area (Å²) < 4.78 is 13.7. The van der Waals surface area contributed by atoms with Crippen LogP contribution in [0.15, 0.2) is 34.9 Å². The minimum atomic E-state index is -0.484. The number of anilines is 1. The zero-order chi connectivity index (χ0) is 14.0. The van der Waals surface area contributed by atoms with Crippen LogP contribution in [0, 0.1) is 12.7 Å². The van der Waals surface area contributed by atoms with Gasteiger partial charge in [-0.15, -0.1) is 0 Å². The lowest BCUT2D eigenvalue weighted by Gasteiger charge is -2.08. The highest BCUT2D eigenvalue weighted by Gasteiger charge is 2.13. The number of nitrogens with one attached hydrogen (secondary N) is 1. The minimum Gasteiger partial charge on any atom is -0.319 e. The first-order valence-corrected chi connectivity index (χ1v) is 6.53. The minimum absolute atomic E-state index is 0.187. The predicted molar refractivity (Wildman–Crippen MR) is 76.0 cm³/mol. The smallest absolute Gasteiger partial charge is 0.256 e. The molecule has 0 aliphatic rings. The molecule has 98 valence electrons. The van der Waals surface area contributed by atoms with Crippen molar-refractivity contribution in [1.82, 2.24) is 4.98 Å². The number of aromatic nitrogens is 1. The number of carbonyl (C=O) groups is 1. The second-order valence-electron chi connectivity index (χ2n) is 3.93. The molecule has 2 aromatic rings. The van der Waals surface area contributed by atoms with Gasteiger partial charge < -0.3 is 5.32 Å². The number of amides is 1. The SMILES string of the molecule is Cc1cnc(Cl)c(NC(=O)c2cc(F)ccc2Br)c1. The lowest BCUT2D eigenvalue weighted by atomic mass is 10.2. The van der Waals surface area contributed by atoms with Crippen LogP contribution in [0.4, 0.5) is 10.1 Å². The summed E-state index contributed by atoms with van der Waals surface area (Å²) in [6.07, 6.45) is 1.59. The first-order chi connectivity index (χ1) is 8.97. The summed E-state index contributed by atoms with van der Waals surface area (Å²) in [5.41, 5.74) is 1.44. The van der Waals surface area contributed by atoms with Crippen LogP contribution >= 0.6 is 27.5 Å². The van der Waals surface area contributed by atoms with Gasteiger partial charge >= 0.3 is 0 Å². The summed E-state index contributed by atoms with van der Waals surface area (Å²) in [6.45, 7) is 1.83. The van der Waals surface area contributed by atoms with Crippen LogP contribution in [0.5, 0.6) is 0 Å². The van der Waals surface area contributed by atoms with Crippen molar-refractivity contribution in [3.8, 4) is 0 Å². The second-order valence-corrected chi connectivity index (χ2v) is 5.14. The number of aryl methyl sites for hydroxylation is 1. The number of hydrogen-bond donors (Lipinski definition) is 1. The average Bonchev–Trinajstić information content (AvgIpc) is 2.36. The Bertz CT molecular complexity index is 649. The summed E-state index contributed by atoms with van der Waals surface area (Å²) in [5, 5.41) is 2.79. The lowest BCUT2D eigenvalue weighted by Crippen LogP contribution is -2.13. The van der Waals surface area contributed by atoms with Gasteiger partial charge in [0.1, 0.15) is 5.82 Å². The highest BCUT2D eigenvalue weighted by Crippen LogP contribution is 2.23. The maximum Gasteiger partial charge on any atom is 0.256 e. The van der Waals surface area contributed by atoms with Gasteiger partial charge in [0.15, 0.2) is 5.15 Å². The third kappa shape index (κ3) is 3.30. The molecule has 19 heavy (non-hydrogen) atoms. The Morgan fingerprint density at radius 2 is 2.16 bits per heavy atom. The van der Waals surface area contributed by atoms with E-state index < -0.39 is 11.7 Å². The van der Waals surface area contributed by atoms with E-state index >= 15 is 0 Å². The lowest BCUT2D eigenvalue weighted by molar-refractivity contribution is 0.102. The van der Waals surface area contributed by atoms with Gasteiger partial charge in [0.25, 0.3) is 5.91 Å². The maximum atomic E-state index is 13.2. The van der Waals surface area contributed by atoms with Gasteiger partial charge in [0, 0.05) is 10.7 Å². The largest absolute Gasteiger partial charge is 0.319 e. The number of hydrogen-bond acceptors (Lipinski definition) is 2. The van der Waals surface area contributed by atoms with Crippen LogP contribution in [-0.4, -0.2) is 10.9 Å². The molecule has 1 aromatic carbocycles. The van der Waals surface area contributed by atoms with Gasteiger partial charge in [0.05, 0.1) is 11.3 Å². The van der Waals surface area contributed by atoms with Gasteiger partial charge in [0.2, 0.25) is 0 Å². The quantitative estimate of drug-likeness (QED) is 0.831. The fourth-order valence-corrected chi connectivity index (χ4v) is 2.08. The predicted octanol–water partition coefficient (Wildman–Crippen LogP) is 4.20. The Balaban J connectivity index is 2.30. The molecule has 0 fully saturated rings. The highest BCUT2D eigenvalue weighted by atomic mass is 79.9. The summed E-state index contributed by atoms with van der Waals surface area (Å²) in [6, 6.07) is 5.58. The Hall–Kier alpha value is -1.46. The van der Waals surface area contributed by atoms with Crippen molar-refractivity contribution in [2.24, 2.45) is 0 Å². The molecule has 0 aliphatic heterocycles. The Morgan fingerprint density at radius 3 is 2.89 bits per heavy atom. The average molecular weight is 344 g/mol. The molecule has 1 heterocycles. The Morgan fingerprint density at radius 1 is 1.42 bits per heavy atom.